The molecule has 16 heavy (non-hydrogen) atoms. The van der Waals surface area contributed by atoms with Gasteiger partial charge in [0.2, 0.25) is 0 Å². The van der Waals surface area contributed by atoms with E-state index in [0.29, 0.717) is 0 Å². The molecule has 0 saturated carbocycles. The molecule has 0 spiro atoms. The molecule has 2 amide bonds. The predicted molar refractivity (Wildman–Crippen MR) is 59.1 cm³/mol. The molecule has 6 nitrogen and oxygen atoms in total. The number of carbonyl (C=O) groups is 2. The average molecular weight is 232 g/mol. The molecule has 0 aliphatic heterocycles. The summed E-state index contributed by atoms with van der Waals surface area (Å²) in [5.74, 6) is -1.58. The van der Waals surface area contributed by atoms with E-state index < -0.39 is 23.5 Å². The number of nitrogens with zero attached hydrogens (tertiary/aromatic N) is 1. The van der Waals surface area contributed by atoms with Gasteiger partial charge in [-0.05, 0) is 13.8 Å². The summed E-state index contributed by atoms with van der Waals surface area (Å²) in [4.78, 5) is 23.3. The van der Waals surface area contributed by atoms with Gasteiger partial charge in [-0.3, -0.25) is 4.79 Å². The van der Waals surface area contributed by atoms with Crippen LogP contribution < -0.4 is 5.32 Å². The largest absolute Gasteiger partial charge is 0.481 e. The fraction of sp³-hybridized carbons (Fsp3) is 0.800. The fourth-order valence-electron chi connectivity index (χ4n) is 1.11. The monoisotopic (exact) mass is 232 g/mol. The Morgan fingerprint density at radius 1 is 1.44 bits per heavy atom. The van der Waals surface area contributed by atoms with Crippen molar-refractivity contribution >= 4 is 12.0 Å². The minimum absolute atomic E-state index is 0.0738. The van der Waals surface area contributed by atoms with Gasteiger partial charge in [0, 0.05) is 13.6 Å². The Labute approximate surface area is 95.2 Å². The van der Waals surface area contributed by atoms with Crippen LogP contribution in [-0.2, 0) is 4.79 Å². The van der Waals surface area contributed by atoms with Crippen LogP contribution in [0.25, 0.3) is 0 Å². The minimum Gasteiger partial charge on any atom is -0.481 e. The van der Waals surface area contributed by atoms with Crippen LogP contribution >= 0.6 is 0 Å². The van der Waals surface area contributed by atoms with Crippen LogP contribution in [0.2, 0.25) is 0 Å². The van der Waals surface area contributed by atoms with Crippen molar-refractivity contribution in [1.82, 2.24) is 10.2 Å². The van der Waals surface area contributed by atoms with Crippen molar-refractivity contribution in [3.63, 3.8) is 0 Å². The summed E-state index contributed by atoms with van der Waals surface area (Å²) in [5, 5.41) is 20.6. The summed E-state index contributed by atoms with van der Waals surface area (Å²) in [5.41, 5.74) is -0.968. The number of urea groups is 1. The van der Waals surface area contributed by atoms with E-state index >= 15 is 0 Å². The SMILES string of the molecule is CC(CNC(=O)N(C)CC(C)(C)O)C(=O)O. The maximum atomic E-state index is 11.5. The highest BCUT2D eigenvalue weighted by atomic mass is 16.4. The molecule has 0 aromatic rings. The number of amides is 2. The van der Waals surface area contributed by atoms with E-state index in [-0.39, 0.29) is 13.1 Å². The number of likely N-dealkylation sites (N-methyl/N-ethyl adjacent to an activating group) is 1. The molecular formula is C10H20N2O4. The van der Waals surface area contributed by atoms with E-state index in [2.05, 4.69) is 5.32 Å². The third-order valence-corrected chi connectivity index (χ3v) is 1.95. The number of hydrogen-bond donors (Lipinski definition) is 3. The molecular weight excluding hydrogens is 212 g/mol. The quantitative estimate of drug-likeness (QED) is 0.628. The molecule has 0 aliphatic rings. The zero-order valence-corrected chi connectivity index (χ0v) is 10.1. The lowest BCUT2D eigenvalue weighted by Gasteiger charge is -2.26. The van der Waals surface area contributed by atoms with Crippen molar-refractivity contribution in [2.24, 2.45) is 5.92 Å². The normalized spacial score (nSPS) is 13.1. The molecule has 1 atom stereocenters. The third-order valence-electron chi connectivity index (χ3n) is 1.95. The molecule has 0 bridgehead atoms. The summed E-state index contributed by atoms with van der Waals surface area (Å²) in [7, 11) is 1.54. The van der Waals surface area contributed by atoms with Gasteiger partial charge in [-0.15, -0.1) is 0 Å². The number of nitrogens with one attached hydrogen (secondary N) is 1. The number of hydrogen-bond acceptors (Lipinski definition) is 3. The van der Waals surface area contributed by atoms with E-state index in [4.69, 9.17) is 5.11 Å². The van der Waals surface area contributed by atoms with Gasteiger partial charge in [0.05, 0.1) is 18.1 Å². The van der Waals surface area contributed by atoms with Gasteiger partial charge in [0.1, 0.15) is 0 Å². The molecule has 3 N–H and O–H groups in total. The first-order valence-electron chi connectivity index (χ1n) is 5.07. The number of aliphatic carboxylic acids is 1. The molecule has 94 valence electrons. The zero-order valence-electron chi connectivity index (χ0n) is 10.1. The molecule has 0 aliphatic carbocycles. The second kappa shape index (κ2) is 5.69. The third kappa shape index (κ3) is 6.23. The van der Waals surface area contributed by atoms with Gasteiger partial charge in [-0.2, -0.15) is 0 Å². The van der Waals surface area contributed by atoms with Crippen molar-refractivity contribution in [2.45, 2.75) is 26.4 Å². The summed E-state index contributed by atoms with van der Waals surface area (Å²) in [6.45, 7) is 4.95. The smallest absolute Gasteiger partial charge is 0.317 e. The van der Waals surface area contributed by atoms with Gasteiger partial charge >= 0.3 is 12.0 Å². The Balaban J connectivity index is 4.02. The second-order valence-electron chi connectivity index (χ2n) is 4.59. The maximum absolute atomic E-state index is 11.5. The summed E-state index contributed by atoms with van der Waals surface area (Å²) in [6.07, 6.45) is 0. The first-order chi connectivity index (χ1) is 7.13. The highest BCUT2D eigenvalue weighted by Gasteiger charge is 2.20. The van der Waals surface area contributed by atoms with Gasteiger partial charge in [0.25, 0.3) is 0 Å². The summed E-state index contributed by atoms with van der Waals surface area (Å²) < 4.78 is 0. The maximum Gasteiger partial charge on any atom is 0.317 e. The van der Waals surface area contributed by atoms with E-state index in [9.17, 15) is 14.7 Å². The van der Waals surface area contributed by atoms with E-state index in [1.54, 1.807) is 20.9 Å². The van der Waals surface area contributed by atoms with Crippen LogP contribution in [0.15, 0.2) is 0 Å². The first-order valence-corrected chi connectivity index (χ1v) is 5.07. The van der Waals surface area contributed by atoms with Crippen molar-refractivity contribution < 1.29 is 19.8 Å². The topological polar surface area (TPSA) is 89.9 Å². The average Bonchev–Trinajstić information content (AvgIpc) is 2.10. The molecule has 0 rings (SSSR count). The van der Waals surface area contributed by atoms with Gasteiger partial charge < -0.3 is 20.4 Å². The van der Waals surface area contributed by atoms with Gasteiger partial charge in [0.15, 0.2) is 0 Å². The lowest BCUT2D eigenvalue weighted by atomic mass is 10.1. The highest BCUT2D eigenvalue weighted by molar-refractivity contribution is 5.75. The van der Waals surface area contributed by atoms with Crippen LogP contribution in [0.3, 0.4) is 0 Å². The van der Waals surface area contributed by atoms with Crippen molar-refractivity contribution in [2.75, 3.05) is 20.1 Å². The molecule has 1 unspecified atom stereocenters. The van der Waals surface area contributed by atoms with E-state index in [0.717, 1.165) is 0 Å². The van der Waals surface area contributed by atoms with Crippen molar-refractivity contribution in [3.8, 4) is 0 Å². The molecule has 0 heterocycles. The van der Waals surface area contributed by atoms with Crippen LogP contribution in [0.5, 0.6) is 0 Å². The number of aliphatic hydroxyl groups is 1. The Kier molecular flexibility index (Phi) is 5.23. The molecule has 0 saturated heterocycles. The van der Waals surface area contributed by atoms with Crippen LogP contribution in [0, 0.1) is 5.92 Å². The predicted octanol–water partition coefficient (Wildman–Crippen LogP) is 0.119. The van der Waals surface area contributed by atoms with Crippen molar-refractivity contribution in [3.05, 3.63) is 0 Å². The zero-order chi connectivity index (χ0) is 12.9. The standard InChI is InChI=1S/C10H20N2O4/c1-7(8(13)14)5-11-9(15)12(4)6-10(2,3)16/h7,16H,5-6H2,1-4H3,(H,11,15)(H,13,14). The fourth-order valence-corrected chi connectivity index (χ4v) is 1.11. The van der Waals surface area contributed by atoms with E-state index in [1.165, 1.54) is 11.8 Å². The Hall–Kier alpha value is -1.30. The Morgan fingerprint density at radius 2 is 1.94 bits per heavy atom. The lowest BCUT2D eigenvalue weighted by Crippen LogP contribution is -2.46. The summed E-state index contributed by atoms with van der Waals surface area (Å²) >= 11 is 0. The summed E-state index contributed by atoms with van der Waals surface area (Å²) in [6, 6.07) is -0.393. The van der Waals surface area contributed by atoms with Gasteiger partial charge in [-0.25, -0.2) is 4.79 Å². The molecule has 0 radical (unpaired) electrons. The second-order valence-corrected chi connectivity index (χ2v) is 4.59. The lowest BCUT2D eigenvalue weighted by molar-refractivity contribution is -0.140. The van der Waals surface area contributed by atoms with E-state index in [1.807, 2.05) is 0 Å². The van der Waals surface area contributed by atoms with Crippen LogP contribution in [-0.4, -0.2) is 52.9 Å². The first kappa shape index (κ1) is 14.7. The van der Waals surface area contributed by atoms with Gasteiger partial charge in [-0.1, -0.05) is 6.92 Å². The Morgan fingerprint density at radius 3 is 2.31 bits per heavy atom. The number of carboxylic acids is 1. The van der Waals surface area contributed by atoms with Crippen LogP contribution in [0.1, 0.15) is 20.8 Å². The number of carbonyl (C=O) groups excluding carboxylic acids is 1. The number of rotatable bonds is 5. The Bertz CT molecular complexity index is 260. The number of carboxylic acid groups (broad SMARTS) is 1. The molecule has 6 heteroatoms. The molecule has 0 aromatic carbocycles. The highest BCUT2D eigenvalue weighted by Crippen LogP contribution is 2.03. The minimum atomic E-state index is -0.968. The molecule has 0 aromatic heterocycles. The van der Waals surface area contributed by atoms with Crippen LogP contribution in [0.4, 0.5) is 4.79 Å². The van der Waals surface area contributed by atoms with Crippen molar-refractivity contribution in [1.29, 1.82) is 0 Å². The molecule has 0 fully saturated rings.